The molecule has 0 aromatic rings. The summed E-state index contributed by atoms with van der Waals surface area (Å²) < 4.78 is 2.06. The fourth-order valence-electron chi connectivity index (χ4n) is 0.791. The fourth-order valence-corrected chi connectivity index (χ4v) is 1.15. The average molecular weight is 254 g/mol. The van der Waals surface area contributed by atoms with Gasteiger partial charge in [0.25, 0.3) is 0 Å². The van der Waals surface area contributed by atoms with Crippen LogP contribution in [0.15, 0.2) is 10.2 Å². The van der Waals surface area contributed by atoms with E-state index in [9.17, 15) is 0 Å². The summed E-state index contributed by atoms with van der Waals surface area (Å²) in [5.74, 6) is 0. The predicted octanol–water partition coefficient (Wildman–Crippen LogP) is 2.88. The molecule has 2 heteroatoms. The molecular weight excluding hydrogens is 239 g/mol. The van der Waals surface area contributed by atoms with Crippen molar-refractivity contribution in [2.75, 3.05) is 6.61 Å². The first-order valence-electron chi connectivity index (χ1n) is 3.78. The highest BCUT2D eigenvalue weighted by molar-refractivity contribution is 14.1. The van der Waals surface area contributed by atoms with Crippen LogP contribution in [0.5, 0.6) is 0 Å². The summed E-state index contributed by atoms with van der Waals surface area (Å²) in [4.78, 5) is 0. The molecule has 60 valence electrons. The minimum atomic E-state index is 0.349. The maximum Gasteiger partial charge on any atom is 0.0431 e. The quantitative estimate of drug-likeness (QED) is 0.570. The third-order valence-corrected chi connectivity index (χ3v) is 1.88. The van der Waals surface area contributed by atoms with Gasteiger partial charge >= 0.3 is 0 Å². The zero-order valence-corrected chi connectivity index (χ0v) is 8.38. The maximum atomic E-state index is 8.45. The molecule has 1 N–H and O–H groups in total. The van der Waals surface area contributed by atoms with E-state index in [1.54, 1.807) is 0 Å². The van der Waals surface area contributed by atoms with Crippen LogP contribution in [0.1, 0.15) is 32.1 Å². The third-order valence-electron chi connectivity index (χ3n) is 1.37. The van der Waals surface area contributed by atoms with Gasteiger partial charge < -0.3 is 5.11 Å². The van der Waals surface area contributed by atoms with Crippen molar-refractivity contribution in [2.24, 2.45) is 0 Å². The Kier molecular flexibility index (Phi) is 9.84. The first-order chi connectivity index (χ1) is 4.91. The van der Waals surface area contributed by atoms with Crippen LogP contribution in [0.4, 0.5) is 0 Å². The van der Waals surface area contributed by atoms with Crippen molar-refractivity contribution in [3.8, 4) is 0 Å². The van der Waals surface area contributed by atoms with Crippen LogP contribution in [-0.2, 0) is 0 Å². The van der Waals surface area contributed by atoms with Gasteiger partial charge in [-0.1, -0.05) is 41.5 Å². The van der Waals surface area contributed by atoms with E-state index in [0.29, 0.717) is 6.61 Å². The van der Waals surface area contributed by atoms with Gasteiger partial charge in [-0.25, -0.2) is 0 Å². The van der Waals surface area contributed by atoms with Crippen molar-refractivity contribution in [1.29, 1.82) is 0 Å². The van der Waals surface area contributed by atoms with Gasteiger partial charge in [-0.15, -0.1) is 0 Å². The lowest BCUT2D eigenvalue weighted by atomic mass is 10.1. The number of aliphatic hydroxyl groups is 1. The van der Waals surface area contributed by atoms with E-state index in [1.165, 1.54) is 25.7 Å². The summed E-state index contributed by atoms with van der Waals surface area (Å²) in [5, 5.41) is 8.45. The Balaban J connectivity index is 2.77. The molecule has 0 saturated heterocycles. The highest BCUT2D eigenvalue weighted by Gasteiger charge is 1.85. The van der Waals surface area contributed by atoms with Gasteiger partial charge in [-0.05, 0) is 23.3 Å². The molecule has 0 unspecified atom stereocenters. The molecule has 0 amide bonds. The van der Waals surface area contributed by atoms with Gasteiger partial charge in [0.1, 0.15) is 0 Å². The Morgan fingerprint density at radius 1 is 1.10 bits per heavy atom. The summed E-state index contributed by atoms with van der Waals surface area (Å²) in [5.41, 5.74) is 0. The third kappa shape index (κ3) is 8.43. The average Bonchev–Trinajstić information content (AvgIpc) is 1.97. The van der Waals surface area contributed by atoms with E-state index in [1.807, 2.05) is 0 Å². The van der Waals surface area contributed by atoms with E-state index in [2.05, 4.69) is 32.7 Å². The number of aliphatic hydroxyl groups excluding tert-OH is 1. The second-order valence-electron chi connectivity index (χ2n) is 2.29. The Hall–Kier alpha value is 0.430. The van der Waals surface area contributed by atoms with Crippen molar-refractivity contribution >= 4 is 22.6 Å². The Bertz CT molecular complexity index is 81.3. The van der Waals surface area contributed by atoms with Crippen LogP contribution in [0.25, 0.3) is 0 Å². The molecule has 0 heterocycles. The number of rotatable bonds is 6. The van der Waals surface area contributed by atoms with Gasteiger partial charge in [0.15, 0.2) is 0 Å². The molecule has 0 radical (unpaired) electrons. The molecule has 0 saturated carbocycles. The highest BCUT2D eigenvalue weighted by atomic mass is 127. The largest absolute Gasteiger partial charge is 0.396 e. The molecule has 0 aliphatic carbocycles. The molecule has 0 atom stereocenters. The Morgan fingerprint density at radius 3 is 2.40 bits per heavy atom. The molecule has 0 aromatic carbocycles. The van der Waals surface area contributed by atoms with Crippen LogP contribution in [0.3, 0.4) is 0 Å². The summed E-state index contributed by atoms with van der Waals surface area (Å²) in [7, 11) is 0. The first kappa shape index (κ1) is 10.4. The van der Waals surface area contributed by atoms with E-state index < -0.39 is 0 Å². The summed E-state index contributed by atoms with van der Waals surface area (Å²) >= 11 is 2.24. The van der Waals surface area contributed by atoms with Gasteiger partial charge in [0.05, 0.1) is 0 Å². The molecule has 0 aliphatic heterocycles. The van der Waals surface area contributed by atoms with Crippen LogP contribution < -0.4 is 0 Å². The monoisotopic (exact) mass is 254 g/mol. The maximum absolute atomic E-state index is 8.45. The molecule has 0 rings (SSSR count). The number of halogens is 1. The van der Waals surface area contributed by atoms with E-state index in [4.69, 9.17) is 5.11 Å². The zero-order chi connectivity index (χ0) is 7.66. The van der Waals surface area contributed by atoms with Crippen molar-refractivity contribution < 1.29 is 5.11 Å². The van der Waals surface area contributed by atoms with Crippen molar-refractivity contribution in [1.82, 2.24) is 0 Å². The lowest BCUT2D eigenvalue weighted by Gasteiger charge is -1.94. The molecule has 10 heavy (non-hydrogen) atoms. The highest BCUT2D eigenvalue weighted by Crippen LogP contribution is 2.03. The van der Waals surface area contributed by atoms with Gasteiger partial charge in [0.2, 0.25) is 0 Å². The van der Waals surface area contributed by atoms with Gasteiger partial charge in [-0.3, -0.25) is 0 Å². The van der Waals surface area contributed by atoms with Crippen molar-refractivity contribution in [3.63, 3.8) is 0 Å². The van der Waals surface area contributed by atoms with Gasteiger partial charge in [-0.2, -0.15) is 0 Å². The molecule has 0 aromatic heterocycles. The fraction of sp³-hybridized carbons (Fsp3) is 0.750. The predicted molar refractivity (Wildman–Crippen MR) is 53.3 cm³/mol. The zero-order valence-electron chi connectivity index (χ0n) is 6.22. The van der Waals surface area contributed by atoms with Crippen molar-refractivity contribution in [2.45, 2.75) is 32.1 Å². The second-order valence-corrected chi connectivity index (χ2v) is 3.01. The molecule has 1 nitrogen and oxygen atoms in total. The molecule has 0 fully saturated rings. The van der Waals surface area contributed by atoms with Crippen LogP contribution in [0.2, 0.25) is 0 Å². The van der Waals surface area contributed by atoms with Crippen molar-refractivity contribution in [3.05, 3.63) is 10.2 Å². The Morgan fingerprint density at radius 2 is 1.80 bits per heavy atom. The molecule has 0 aliphatic rings. The topological polar surface area (TPSA) is 20.2 Å². The minimum Gasteiger partial charge on any atom is -0.396 e. The SMILES string of the molecule is OCCCCCC/C=C/I. The lowest BCUT2D eigenvalue weighted by molar-refractivity contribution is 0.282. The standard InChI is InChI=1S/C8H15IO/c9-7-5-3-1-2-4-6-8-10/h5,7,10H,1-4,6,8H2/b7-5+. The first-order valence-corrected chi connectivity index (χ1v) is 5.02. The smallest absolute Gasteiger partial charge is 0.0431 e. The van der Waals surface area contributed by atoms with Crippen LogP contribution >= 0.6 is 22.6 Å². The minimum absolute atomic E-state index is 0.349. The molecule has 0 spiro atoms. The Labute approximate surface area is 76.7 Å². The second kappa shape index (κ2) is 9.43. The van der Waals surface area contributed by atoms with E-state index in [0.717, 1.165) is 6.42 Å². The summed E-state index contributed by atoms with van der Waals surface area (Å²) in [6.45, 7) is 0.349. The summed E-state index contributed by atoms with van der Waals surface area (Å²) in [6.07, 6.45) is 8.02. The molecular formula is C8H15IO. The number of unbranched alkanes of at least 4 members (excludes halogenated alkanes) is 4. The number of allylic oxidation sites excluding steroid dienone is 1. The van der Waals surface area contributed by atoms with E-state index >= 15 is 0 Å². The number of hydrogen-bond acceptors (Lipinski definition) is 1. The van der Waals surface area contributed by atoms with Crippen LogP contribution in [0, 0.1) is 0 Å². The lowest BCUT2D eigenvalue weighted by Crippen LogP contribution is -1.82. The van der Waals surface area contributed by atoms with E-state index in [-0.39, 0.29) is 0 Å². The normalized spacial score (nSPS) is 11.0. The number of hydrogen-bond donors (Lipinski definition) is 1. The molecule has 0 bridgehead atoms. The van der Waals surface area contributed by atoms with Crippen LogP contribution in [-0.4, -0.2) is 11.7 Å². The summed E-state index contributed by atoms with van der Waals surface area (Å²) in [6, 6.07) is 0. The van der Waals surface area contributed by atoms with Gasteiger partial charge in [0, 0.05) is 6.61 Å².